The Bertz CT molecular complexity index is 761. The first-order chi connectivity index (χ1) is 12.7. The van der Waals surface area contributed by atoms with Gasteiger partial charge in [0.15, 0.2) is 0 Å². The molecule has 1 aromatic heterocycles. The number of carbonyl (C=O) groups excluding carboxylic acids is 1. The molecule has 0 spiro atoms. The minimum atomic E-state index is -0.234. The van der Waals surface area contributed by atoms with Crippen molar-refractivity contribution in [2.75, 3.05) is 32.8 Å². The van der Waals surface area contributed by atoms with Crippen molar-refractivity contribution in [3.05, 3.63) is 57.5 Å². The molecule has 0 N–H and O–H groups in total. The predicted molar refractivity (Wildman–Crippen MR) is 99.6 cm³/mol. The fourth-order valence-corrected chi connectivity index (χ4v) is 4.55. The highest BCUT2D eigenvalue weighted by atomic mass is 32.1. The number of morpholine rings is 1. The molecule has 138 valence electrons. The molecule has 1 atom stereocenters. The molecule has 0 aliphatic carbocycles. The van der Waals surface area contributed by atoms with Gasteiger partial charge in [-0.25, -0.2) is 4.39 Å². The smallest absolute Gasteiger partial charge is 0.224 e. The van der Waals surface area contributed by atoms with Gasteiger partial charge in [-0.05, 0) is 41.1 Å². The van der Waals surface area contributed by atoms with Crippen molar-refractivity contribution in [1.82, 2.24) is 9.80 Å². The molecular weight excluding hydrogens is 351 g/mol. The first-order valence-corrected chi connectivity index (χ1v) is 9.99. The minimum Gasteiger partial charge on any atom is -0.371 e. The second-order valence-corrected chi connectivity index (χ2v) is 7.90. The molecular formula is C20H23FN2O2S. The molecule has 1 aromatic carbocycles. The fraction of sp³-hybridized carbons (Fsp3) is 0.450. The van der Waals surface area contributed by atoms with E-state index in [-0.39, 0.29) is 17.8 Å². The highest BCUT2D eigenvalue weighted by molar-refractivity contribution is 7.10. The summed E-state index contributed by atoms with van der Waals surface area (Å²) < 4.78 is 18.9. The number of nitrogens with zero attached hydrogens (tertiary/aromatic N) is 2. The number of hydrogen-bond donors (Lipinski definition) is 0. The molecule has 4 nitrogen and oxygen atoms in total. The van der Waals surface area contributed by atoms with E-state index in [9.17, 15) is 9.18 Å². The molecule has 4 rings (SSSR count). The van der Waals surface area contributed by atoms with E-state index < -0.39 is 0 Å². The topological polar surface area (TPSA) is 32.8 Å². The summed E-state index contributed by atoms with van der Waals surface area (Å²) in [4.78, 5) is 18.3. The molecule has 2 aliphatic heterocycles. The van der Waals surface area contributed by atoms with E-state index in [1.807, 2.05) is 4.90 Å². The second kappa shape index (κ2) is 7.86. The summed E-state index contributed by atoms with van der Waals surface area (Å²) in [7, 11) is 0. The van der Waals surface area contributed by atoms with Crippen molar-refractivity contribution in [2.24, 2.45) is 0 Å². The number of carbonyl (C=O) groups is 1. The predicted octanol–water partition coefficient (Wildman–Crippen LogP) is 3.24. The second-order valence-electron chi connectivity index (χ2n) is 6.90. The summed E-state index contributed by atoms with van der Waals surface area (Å²) in [6, 6.07) is 8.63. The van der Waals surface area contributed by atoms with Gasteiger partial charge in [-0.15, -0.1) is 11.3 Å². The number of rotatable bonds is 4. The average Bonchev–Trinajstić information content (AvgIpc) is 3.15. The van der Waals surface area contributed by atoms with Crippen molar-refractivity contribution < 1.29 is 13.9 Å². The fourth-order valence-electron chi connectivity index (χ4n) is 3.66. The molecule has 1 fully saturated rings. The van der Waals surface area contributed by atoms with Gasteiger partial charge in [0, 0.05) is 44.0 Å². The van der Waals surface area contributed by atoms with E-state index in [1.54, 1.807) is 23.5 Å². The Balaban J connectivity index is 1.29. The Kier molecular flexibility index (Phi) is 5.33. The largest absolute Gasteiger partial charge is 0.371 e. The van der Waals surface area contributed by atoms with E-state index in [2.05, 4.69) is 16.3 Å². The van der Waals surface area contributed by atoms with Crippen LogP contribution in [0.2, 0.25) is 0 Å². The van der Waals surface area contributed by atoms with Gasteiger partial charge < -0.3 is 9.64 Å². The lowest BCUT2D eigenvalue weighted by Gasteiger charge is -2.34. The van der Waals surface area contributed by atoms with Gasteiger partial charge in [-0.2, -0.15) is 0 Å². The highest BCUT2D eigenvalue weighted by Gasteiger charge is 2.25. The van der Waals surface area contributed by atoms with Gasteiger partial charge in [-0.1, -0.05) is 12.1 Å². The zero-order valence-electron chi connectivity index (χ0n) is 14.7. The van der Waals surface area contributed by atoms with Crippen LogP contribution in [0.4, 0.5) is 4.39 Å². The van der Waals surface area contributed by atoms with Gasteiger partial charge >= 0.3 is 0 Å². The summed E-state index contributed by atoms with van der Waals surface area (Å²) >= 11 is 1.79. The Labute approximate surface area is 157 Å². The Morgan fingerprint density at radius 1 is 1.23 bits per heavy atom. The zero-order valence-corrected chi connectivity index (χ0v) is 15.5. The number of ether oxygens (including phenoxy) is 1. The van der Waals surface area contributed by atoms with E-state index in [0.29, 0.717) is 13.0 Å². The summed E-state index contributed by atoms with van der Waals surface area (Å²) in [5, 5.41) is 2.11. The van der Waals surface area contributed by atoms with Crippen LogP contribution in [0.15, 0.2) is 35.7 Å². The first kappa shape index (κ1) is 17.6. The highest BCUT2D eigenvalue weighted by Crippen LogP contribution is 2.25. The zero-order chi connectivity index (χ0) is 17.9. The SMILES string of the molecule is O=C(CCN1CCOC(c2ccc(F)cc2)C1)N1CCc2sccc2C1. The normalized spacial score (nSPS) is 20.8. The molecule has 3 heterocycles. The standard InChI is InChI=1S/C20H23FN2O2S/c21-17-3-1-15(2-4-17)18-14-22(10-11-25-18)8-6-20(24)23-9-5-19-16(13-23)7-12-26-19/h1-4,7,12,18H,5-6,8-11,13-14H2. The van der Waals surface area contributed by atoms with Gasteiger partial charge in [-0.3, -0.25) is 9.69 Å². The Hall–Kier alpha value is -1.76. The van der Waals surface area contributed by atoms with Gasteiger partial charge in [0.25, 0.3) is 0 Å². The van der Waals surface area contributed by atoms with Crippen molar-refractivity contribution in [3.63, 3.8) is 0 Å². The number of amides is 1. The van der Waals surface area contributed by atoms with Crippen LogP contribution in [0.3, 0.4) is 0 Å². The number of benzene rings is 1. The average molecular weight is 374 g/mol. The van der Waals surface area contributed by atoms with Crippen molar-refractivity contribution in [3.8, 4) is 0 Å². The lowest BCUT2D eigenvalue weighted by molar-refractivity contribution is -0.133. The van der Waals surface area contributed by atoms with Crippen LogP contribution in [0.5, 0.6) is 0 Å². The van der Waals surface area contributed by atoms with Crippen molar-refractivity contribution in [2.45, 2.75) is 25.5 Å². The van der Waals surface area contributed by atoms with Gasteiger partial charge in [0.1, 0.15) is 5.82 Å². The van der Waals surface area contributed by atoms with Crippen LogP contribution in [-0.4, -0.2) is 48.5 Å². The van der Waals surface area contributed by atoms with Gasteiger partial charge in [0.05, 0.1) is 12.7 Å². The van der Waals surface area contributed by atoms with Crippen LogP contribution in [0.1, 0.15) is 28.5 Å². The third-order valence-electron chi connectivity index (χ3n) is 5.19. The number of halogens is 1. The Morgan fingerprint density at radius 2 is 2.08 bits per heavy atom. The van der Waals surface area contributed by atoms with Crippen LogP contribution in [0.25, 0.3) is 0 Å². The summed E-state index contributed by atoms with van der Waals surface area (Å²) in [6.45, 7) is 4.53. The third kappa shape index (κ3) is 3.98. The number of fused-ring (bicyclic) bond motifs is 1. The molecule has 1 unspecified atom stereocenters. The maximum absolute atomic E-state index is 13.1. The molecule has 26 heavy (non-hydrogen) atoms. The van der Waals surface area contributed by atoms with Crippen molar-refractivity contribution >= 4 is 17.2 Å². The molecule has 1 saturated heterocycles. The molecule has 0 bridgehead atoms. The van der Waals surface area contributed by atoms with Crippen LogP contribution in [-0.2, 0) is 22.5 Å². The van der Waals surface area contributed by atoms with E-state index in [4.69, 9.17) is 4.74 Å². The first-order valence-electron chi connectivity index (χ1n) is 9.11. The van der Waals surface area contributed by atoms with E-state index in [1.165, 1.54) is 22.6 Å². The van der Waals surface area contributed by atoms with E-state index in [0.717, 1.165) is 44.7 Å². The maximum Gasteiger partial charge on any atom is 0.224 e. The Morgan fingerprint density at radius 3 is 2.92 bits per heavy atom. The molecule has 2 aromatic rings. The van der Waals surface area contributed by atoms with Crippen LogP contribution >= 0.6 is 11.3 Å². The maximum atomic E-state index is 13.1. The molecule has 6 heteroatoms. The number of hydrogen-bond acceptors (Lipinski definition) is 4. The van der Waals surface area contributed by atoms with Crippen LogP contribution < -0.4 is 0 Å². The molecule has 2 aliphatic rings. The molecule has 0 radical (unpaired) electrons. The quantitative estimate of drug-likeness (QED) is 0.824. The van der Waals surface area contributed by atoms with Crippen molar-refractivity contribution in [1.29, 1.82) is 0 Å². The lowest BCUT2D eigenvalue weighted by Crippen LogP contribution is -2.41. The summed E-state index contributed by atoms with van der Waals surface area (Å²) in [5.74, 6) is -0.00556. The monoisotopic (exact) mass is 374 g/mol. The van der Waals surface area contributed by atoms with Gasteiger partial charge in [0.2, 0.25) is 5.91 Å². The lowest BCUT2D eigenvalue weighted by atomic mass is 10.1. The third-order valence-corrected chi connectivity index (χ3v) is 6.22. The molecule has 1 amide bonds. The summed E-state index contributed by atoms with van der Waals surface area (Å²) in [5.41, 5.74) is 2.29. The summed E-state index contributed by atoms with van der Waals surface area (Å²) in [6.07, 6.45) is 1.46. The van der Waals surface area contributed by atoms with Crippen LogP contribution in [0, 0.1) is 5.82 Å². The van der Waals surface area contributed by atoms with E-state index >= 15 is 0 Å². The number of thiophene rings is 1. The molecule has 0 saturated carbocycles. The minimum absolute atomic E-state index is 0.0530.